The lowest BCUT2D eigenvalue weighted by atomic mass is 9.91. The van der Waals surface area contributed by atoms with Crippen LogP contribution in [0.3, 0.4) is 0 Å². The van der Waals surface area contributed by atoms with E-state index in [9.17, 15) is 10.1 Å². The minimum absolute atomic E-state index is 0.652. The normalized spacial score (nSPS) is 32.8. The molecule has 1 aliphatic carbocycles. The Balaban J connectivity index is 3.05. The molecule has 2 N–H and O–H groups in total. The van der Waals surface area contributed by atoms with Gasteiger partial charge < -0.3 is 0 Å². The van der Waals surface area contributed by atoms with Gasteiger partial charge in [0.1, 0.15) is 0 Å². The predicted octanol–water partition coefficient (Wildman–Crippen LogP) is 0.184. The molecule has 2 unspecified atom stereocenters. The van der Waals surface area contributed by atoms with Gasteiger partial charge in [0.25, 0.3) is 0 Å². The van der Waals surface area contributed by atoms with Crippen LogP contribution in [0.1, 0.15) is 0 Å². The maximum atomic E-state index is 10.5. The quantitative estimate of drug-likeness (QED) is 0.341. The average molecular weight is 165 g/mol. The first-order chi connectivity index (χ1) is 5.61. The summed E-state index contributed by atoms with van der Waals surface area (Å²) in [4.78, 5) is 9.84. The van der Waals surface area contributed by atoms with Gasteiger partial charge in [-0.25, -0.2) is 0 Å². The smallest absolute Gasteiger partial charge is 0.262 e. The van der Waals surface area contributed by atoms with Crippen LogP contribution in [0, 0.1) is 27.4 Å². The van der Waals surface area contributed by atoms with Gasteiger partial charge >= 0.3 is 5.66 Å². The molecule has 0 spiro atoms. The lowest BCUT2D eigenvalue weighted by Crippen LogP contribution is -2.52. The van der Waals surface area contributed by atoms with Crippen molar-refractivity contribution in [1.29, 1.82) is 5.26 Å². The second-order valence-electron chi connectivity index (χ2n) is 2.50. The van der Waals surface area contributed by atoms with E-state index in [0.29, 0.717) is 0 Å². The van der Waals surface area contributed by atoms with Crippen LogP contribution in [0.25, 0.3) is 0 Å². The highest BCUT2D eigenvalue weighted by atomic mass is 16.6. The SMILES string of the molecule is N#CC1C=CC=CC1(N)[N+](=O)[O-]. The minimum atomic E-state index is -1.76. The first kappa shape index (κ1) is 8.43. The van der Waals surface area contributed by atoms with Crippen LogP contribution >= 0.6 is 0 Å². The zero-order valence-electron chi connectivity index (χ0n) is 6.18. The van der Waals surface area contributed by atoms with Crippen LogP contribution in [0.4, 0.5) is 0 Å². The van der Waals surface area contributed by atoms with E-state index in [1.54, 1.807) is 12.1 Å². The highest BCUT2D eigenvalue weighted by Crippen LogP contribution is 2.21. The van der Waals surface area contributed by atoms with E-state index >= 15 is 0 Å². The van der Waals surface area contributed by atoms with Crippen molar-refractivity contribution in [1.82, 2.24) is 0 Å². The zero-order chi connectivity index (χ0) is 9.19. The first-order valence-electron chi connectivity index (χ1n) is 3.30. The van der Waals surface area contributed by atoms with Crippen LogP contribution < -0.4 is 5.73 Å². The standard InChI is InChI=1S/C7H7N3O2/c8-5-6-3-1-2-4-7(6,9)10(11)12/h1-4,6H,9H2. The van der Waals surface area contributed by atoms with Crippen LogP contribution in [0.5, 0.6) is 0 Å². The number of hydrogen-bond acceptors (Lipinski definition) is 4. The van der Waals surface area contributed by atoms with Crippen molar-refractivity contribution in [3.63, 3.8) is 0 Å². The Bertz CT molecular complexity index is 302. The number of nitrogens with two attached hydrogens (primary N) is 1. The molecule has 1 rings (SSSR count). The highest BCUT2D eigenvalue weighted by molar-refractivity contribution is 5.24. The number of rotatable bonds is 1. The summed E-state index contributed by atoms with van der Waals surface area (Å²) in [5.74, 6) is -0.891. The number of nitriles is 1. The third-order valence-corrected chi connectivity index (χ3v) is 1.73. The van der Waals surface area contributed by atoms with Crippen molar-refractivity contribution in [2.24, 2.45) is 11.7 Å². The Hall–Kier alpha value is -1.67. The monoisotopic (exact) mass is 165 g/mol. The largest absolute Gasteiger partial charge is 0.311 e. The maximum Gasteiger partial charge on any atom is 0.311 e. The Morgan fingerprint density at radius 3 is 2.75 bits per heavy atom. The molecule has 0 radical (unpaired) electrons. The Morgan fingerprint density at radius 1 is 1.67 bits per heavy atom. The molecule has 0 aromatic carbocycles. The van der Waals surface area contributed by atoms with Gasteiger partial charge in [0.05, 0.1) is 6.07 Å². The summed E-state index contributed by atoms with van der Waals surface area (Å²) in [6, 6.07) is 1.77. The molecule has 2 atom stereocenters. The number of nitro groups is 1. The van der Waals surface area contributed by atoms with Crippen molar-refractivity contribution in [2.75, 3.05) is 0 Å². The van der Waals surface area contributed by atoms with Gasteiger partial charge in [-0.1, -0.05) is 18.2 Å². The van der Waals surface area contributed by atoms with Crippen LogP contribution in [0.15, 0.2) is 24.3 Å². The summed E-state index contributed by atoms with van der Waals surface area (Å²) >= 11 is 0. The van der Waals surface area contributed by atoms with Crippen molar-refractivity contribution >= 4 is 0 Å². The van der Waals surface area contributed by atoms with Crippen LogP contribution in [0.2, 0.25) is 0 Å². The number of allylic oxidation sites excluding steroid dienone is 2. The third-order valence-electron chi connectivity index (χ3n) is 1.73. The predicted molar refractivity (Wildman–Crippen MR) is 41.3 cm³/mol. The summed E-state index contributed by atoms with van der Waals surface area (Å²) < 4.78 is 0. The lowest BCUT2D eigenvalue weighted by Gasteiger charge is -2.20. The molecular formula is C7H7N3O2. The molecule has 62 valence electrons. The molecule has 1 aliphatic rings. The molecule has 0 aromatic heterocycles. The summed E-state index contributed by atoms with van der Waals surface area (Å²) in [7, 11) is 0. The van der Waals surface area contributed by atoms with Crippen molar-refractivity contribution in [3.8, 4) is 6.07 Å². The van der Waals surface area contributed by atoms with E-state index in [4.69, 9.17) is 11.0 Å². The first-order valence-corrected chi connectivity index (χ1v) is 3.30. The molecule has 0 saturated carbocycles. The molecule has 0 aliphatic heterocycles. The van der Waals surface area contributed by atoms with Gasteiger partial charge in [0, 0.05) is 11.0 Å². The van der Waals surface area contributed by atoms with E-state index in [1.807, 2.05) is 0 Å². The summed E-state index contributed by atoms with van der Waals surface area (Å²) in [6.07, 6.45) is 5.68. The molecular weight excluding hydrogens is 158 g/mol. The van der Waals surface area contributed by atoms with Crippen LogP contribution in [-0.2, 0) is 0 Å². The fourth-order valence-corrected chi connectivity index (χ4v) is 0.964. The van der Waals surface area contributed by atoms with E-state index in [-0.39, 0.29) is 0 Å². The molecule has 12 heavy (non-hydrogen) atoms. The Kier molecular flexibility index (Phi) is 1.93. The minimum Gasteiger partial charge on any atom is -0.262 e. The van der Waals surface area contributed by atoms with Gasteiger partial charge in [-0.2, -0.15) is 5.26 Å². The fraction of sp³-hybridized carbons (Fsp3) is 0.286. The molecule has 5 heteroatoms. The summed E-state index contributed by atoms with van der Waals surface area (Å²) in [6.45, 7) is 0. The van der Waals surface area contributed by atoms with Crippen molar-refractivity contribution in [3.05, 3.63) is 34.4 Å². The number of nitrogens with zero attached hydrogens (tertiary/aromatic N) is 2. The van der Waals surface area contributed by atoms with E-state index < -0.39 is 16.5 Å². The van der Waals surface area contributed by atoms with Gasteiger partial charge in [-0.05, 0) is 0 Å². The molecule has 0 bridgehead atoms. The van der Waals surface area contributed by atoms with E-state index in [2.05, 4.69) is 0 Å². The fourth-order valence-electron chi connectivity index (χ4n) is 0.964. The van der Waals surface area contributed by atoms with Crippen LogP contribution in [-0.4, -0.2) is 10.6 Å². The zero-order valence-corrected chi connectivity index (χ0v) is 6.18. The molecule has 5 nitrogen and oxygen atoms in total. The molecule has 0 saturated heterocycles. The van der Waals surface area contributed by atoms with Gasteiger partial charge in [0.2, 0.25) is 0 Å². The third kappa shape index (κ3) is 1.08. The number of hydrogen-bond donors (Lipinski definition) is 1. The Labute approximate surface area is 68.9 Å². The van der Waals surface area contributed by atoms with Gasteiger partial charge in [0.15, 0.2) is 5.92 Å². The lowest BCUT2D eigenvalue weighted by molar-refractivity contribution is -0.559. The molecule has 0 amide bonds. The van der Waals surface area contributed by atoms with Crippen molar-refractivity contribution < 1.29 is 4.92 Å². The summed E-state index contributed by atoms with van der Waals surface area (Å²) in [5.41, 5.74) is 3.64. The van der Waals surface area contributed by atoms with Gasteiger partial charge in [-0.3, -0.25) is 15.8 Å². The summed E-state index contributed by atoms with van der Waals surface area (Å²) in [5, 5.41) is 19.0. The van der Waals surface area contributed by atoms with E-state index in [1.165, 1.54) is 18.2 Å². The second kappa shape index (κ2) is 2.75. The van der Waals surface area contributed by atoms with E-state index in [0.717, 1.165) is 0 Å². The highest BCUT2D eigenvalue weighted by Gasteiger charge is 2.44. The average Bonchev–Trinajstić information content (AvgIpc) is 2.05. The van der Waals surface area contributed by atoms with Crippen molar-refractivity contribution in [2.45, 2.75) is 5.66 Å². The molecule has 0 aromatic rings. The topological polar surface area (TPSA) is 93.0 Å². The molecule has 0 fully saturated rings. The second-order valence-corrected chi connectivity index (χ2v) is 2.50. The van der Waals surface area contributed by atoms with Gasteiger partial charge in [-0.15, -0.1) is 0 Å². The molecule has 0 heterocycles. The maximum absolute atomic E-state index is 10.5. The Morgan fingerprint density at radius 2 is 2.33 bits per heavy atom.